The fourth-order valence-corrected chi connectivity index (χ4v) is 1.57. The van der Waals surface area contributed by atoms with E-state index in [0.29, 0.717) is 6.54 Å². The Morgan fingerprint density at radius 3 is 2.80 bits per heavy atom. The van der Waals surface area contributed by atoms with Crippen LogP contribution in [-0.2, 0) is 20.0 Å². The SMILES string of the molecule is CCc1nn(C)cc1-n1ccc(CN)n1. The van der Waals surface area contributed by atoms with E-state index in [1.54, 1.807) is 4.68 Å². The zero-order valence-electron chi connectivity index (χ0n) is 9.01. The number of hydrogen-bond acceptors (Lipinski definition) is 3. The van der Waals surface area contributed by atoms with E-state index in [1.807, 2.05) is 30.2 Å². The first-order chi connectivity index (χ1) is 7.24. The van der Waals surface area contributed by atoms with Gasteiger partial charge in [0, 0.05) is 19.8 Å². The molecule has 15 heavy (non-hydrogen) atoms. The quantitative estimate of drug-likeness (QED) is 0.799. The molecule has 0 fully saturated rings. The van der Waals surface area contributed by atoms with Gasteiger partial charge in [-0.05, 0) is 12.5 Å². The van der Waals surface area contributed by atoms with Crippen molar-refractivity contribution in [2.75, 3.05) is 0 Å². The molecule has 80 valence electrons. The third-order valence-electron chi connectivity index (χ3n) is 2.32. The number of hydrogen-bond donors (Lipinski definition) is 1. The van der Waals surface area contributed by atoms with Crippen molar-refractivity contribution in [1.29, 1.82) is 0 Å². The van der Waals surface area contributed by atoms with Gasteiger partial charge in [-0.25, -0.2) is 4.68 Å². The molecule has 0 radical (unpaired) electrons. The first-order valence-corrected chi connectivity index (χ1v) is 5.02. The lowest BCUT2D eigenvalue weighted by Crippen LogP contribution is -2.01. The molecular formula is C10H15N5. The molecule has 0 spiro atoms. The Morgan fingerprint density at radius 1 is 1.40 bits per heavy atom. The average Bonchev–Trinajstić information content (AvgIpc) is 2.82. The number of rotatable bonds is 3. The Balaban J connectivity index is 2.43. The van der Waals surface area contributed by atoms with Crippen molar-refractivity contribution in [3.8, 4) is 5.69 Å². The van der Waals surface area contributed by atoms with E-state index >= 15 is 0 Å². The smallest absolute Gasteiger partial charge is 0.106 e. The predicted molar refractivity (Wildman–Crippen MR) is 57.6 cm³/mol. The van der Waals surface area contributed by atoms with Gasteiger partial charge in [0.2, 0.25) is 0 Å². The van der Waals surface area contributed by atoms with Crippen LogP contribution in [0, 0.1) is 0 Å². The fraction of sp³-hybridized carbons (Fsp3) is 0.400. The molecule has 2 N–H and O–H groups in total. The molecule has 2 aromatic heterocycles. The standard InChI is InChI=1S/C10H15N5/c1-3-9-10(7-14(2)13-9)15-5-4-8(6-11)12-15/h4-5,7H,3,6,11H2,1-2H3. The van der Waals surface area contributed by atoms with Crippen molar-refractivity contribution >= 4 is 0 Å². The maximum atomic E-state index is 5.52. The second-order valence-corrected chi connectivity index (χ2v) is 3.44. The summed E-state index contributed by atoms with van der Waals surface area (Å²) >= 11 is 0. The summed E-state index contributed by atoms with van der Waals surface area (Å²) in [7, 11) is 1.91. The zero-order valence-corrected chi connectivity index (χ0v) is 9.01. The van der Waals surface area contributed by atoms with Crippen LogP contribution >= 0.6 is 0 Å². The van der Waals surface area contributed by atoms with Crippen LogP contribution in [0.25, 0.3) is 5.69 Å². The molecule has 0 aromatic carbocycles. The van der Waals surface area contributed by atoms with E-state index in [9.17, 15) is 0 Å². The van der Waals surface area contributed by atoms with Crippen LogP contribution in [0.15, 0.2) is 18.5 Å². The third kappa shape index (κ3) is 1.78. The van der Waals surface area contributed by atoms with Gasteiger partial charge < -0.3 is 5.73 Å². The highest BCUT2D eigenvalue weighted by molar-refractivity contribution is 5.33. The summed E-state index contributed by atoms with van der Waals surface area (Å²) in [5.41, 5.74) is 8.48. The van der Waals surface area contributed by atoms with E-state index in [2.05, 4.69) is 17.1 Å². The molecule has 0 aliphatic heterocycles. The van der Waals surface area contributed by atoms with E-state index < -0.39 is 0 Å². The van der Waals surface area contributed by atoms with Gasteiger partial charge in [0.15, 0.2) is 0 Å². The van der Waals surface area contributed by atoms with Crippen LogP contribution in [0.2, 0.25) is 0 Å². The molecule has 2 aromatic rings. The first-order valence-electron chi connectivity index (χ1n) is 5.02. The highest BCUT2D eigenvalue weighted by Gasteiger charge is 2.08. The second kappa shape index (κ2) is 3.86. The molecule has 5 nitrogen and oxygen atoms in total. The third-order valence-corrected chi connectivity index (χ3v) is 2.32. The molecule has 0 amide bonds. The Bertz CT molecular complexity index is 454. The lowest BCUT2D eigenvalue weighted by atomic mass is 10.3. The zero-order chi connectivity index (χ0) is 10.8. The van der Waals surface area contributed by atoms with Crippen LogP contribution < -0.4 is 5.73 Å². The normalized spacial score (nSPS) is 10.9. The van der Waals surface area contributed by atoms with E-state index in [0.717, 1.165) is 23.5 Å². The highest BCUT2D eigenvalue weighted by atomic mass is 15.3. The van der Waals surface area contributed by atoms with Gasteiger partial charge in [0.05, 0.1) is 17.6 Å². The van der Waals surface area contributed by atoms with Gasteiger partial charge in [0.1, 0.15) is 5.69 Å². The molecule has 0 aliphatic rings. The van der Waals surface area contributed by atoms with Gasteiger partial charge in [-0.15, -0.1) is 0 Å². The van der Waals surface area contributed by atoms with Crippen molar-refractivity contribution in [2.45, 2.75) is 19.9 Å². The van der Waals surface area contributed by atoms with Gasteiger partial charge in [-0.3, -0.25) is 4.68 Å². The fourth-order valence-electron chi connectivity index (χ4n) is 1.57. The van der Waals surface area contributed by atoms with E-state index in [1.165, 1.54) is 0 Å². The molecule has 0 aliphatic carbocycles. The molecule has 0 atom stereocenters. The van der Waals surface area contributed by atoms with Gasteiger partial charge >= 0.3 is 0 Å². The minimum absolute atomic E-state index is 0.467. The Hall–Kier alpha value is -1.62. The van der Waals surface area contributed by atoms with Crippen molar-refractivity contribution in [3.63, 3.8) is 0 Å². The minimum Gasteiger partial charge on any atom is -0.325 e. The summed E-state index contributed by atoms with van der Waals surface area (Å²) in [4.78, 5) is 0. The molecule has 2 heterocycles. The van der Waals surface area contributed by atoms with Gasteiger partial charge in [-0.1, -0.05) is 6.92 Å². The number of aromatic nitrogens is 4. The van der Waals surface area contributed by atoms with Crippen molar-refractivity contribution < 1.29 is 0 Å². The molecule has 0 saturated heterocycles. The molecule has 5 heteroatoms. The molecular weight excluding hydrogens is 190 g/mol. The number of nitrogens with two attached hydrogens (primary N) is 1. The van der Waals surface area contributed by atoms with E-state index in [-0.39, 0.29) is 0 Å². The largest absolute Gasteiger partial charge is 0.325 e. The molecule has 0 bridgehead atoms. The monoisotopic (exact) mass is 205 g/mol. The van der Waals surface area contributed by atoms with E-state index in [4.69, 9.17) is 5.73 Å². The van der Waals surface area contributed by atoms with Crippen LogP contribution in [0.3, 0.4) is 0 Å². The van der Waals surface area contributed by atoms with Gasteiger partial charge in [-0.2, -0.15) is 10.2 Å². The first kappa shape index (κ1) is 9.92. The van der Waals surface area contributed by atoms with Crippen molar-refractivity contribution in [3.05, 3.63) is 29.8 Å². The maximum absolute atomic E-state index is 5.52. The summed E-state index contributed by atoms with van der Waals surface area (Å²) in [6.07, 6.45) is 4.78. The predicted octanol–water partition coefficient (Wildman–Crippen LogP) is 0.627. The Kier molecular flexibility index (Phi) is 2.55. The number of nitrogens with zero attached hydrogens (tertiary/aromatic N) is 4. The van der Waals surface area contributed by atoms with Crippen LogP contribution in [0.1, 0.15) is 18.3 Å². The minimum atomic E-state index is 0.467. The Morgan fingerprint density at radius 2 is 2.20 bits per heavy atom. The topological polar surface area (TPSA) is 61.7 Å². The molecule has 2 rings (SSSR count). The molecule has 0 unspecified atom stereocenters. The average molecular weight is 205 g/mol. The lowest BCUT2D eigenvalue weighted by molar-refractivity contribution is 0.746. The lowest BCUT2D eigenvalue weighted by Gasteiger charge is -1.98. The van der Waals surface area contributed by atoms with Crippen molar-refractivity contribution in [2.24, 2.45) is 12.8 Å². The maximum Gasteiger partial charge on any atom is 0.106 e. The Labute approximate surface area is 88.5 Å². The summed E-state index contributed by atoms with van der Waals surface area (Å²) in [6.45, 7) is 2.55. The summed E-state index contributed by atoms with van der Waals surface area (Å²) < 4.78 is 3.63. The van der Waals surface area contributed by atoms with Crippen molar-refractivity contribution in [1.82, 2.24) is 19.6 Å². The second-order valence-electron chi connectivity index (χ2n) is 3.44. The van der Waals surface area contributed by atoms with Crippen LogP contribution in [0.5, 0.6) is 0 Å². The summed E-state index contributed by atoms with van der Waals surface area (Å²) in [6, 6.07) is 1.92. The highest BCUT2D eigenvalue weighted by Crippen LogP contribution is 2.12. The summed E-state index contributed by atoms with van der Waals surface area (Å²) in [5.74, 6) is 0. The van der Waals surface area contributed by atoms with Crippen LogP contribution in [0.4, 0.5) is 0 Å². The van der Waals surface area contributed by atoms with Crippen LogP contribution in [-0.4, -0.2) is 19.6 Å². The van der Waals surface area contributed by atoms with Gasteiger partial charge in [0.25, 0.3) is 0 Å². The molecule has 0 saturated carbocycles. The summed E-state index contributed by atoms with van der Waals surface area (Å²) in [5, 5.41) is 8.72. The number of aryl methyl sites for hydroxylation is 2.